The van der Waals surface area contributed by atoms with Crippen LogP contribution in [0.4, 0.5) is 0 Å². The van der Waals surface area contributed by atoms with E-state index < -0.39 is 0 Å². The van der Waals surface area contributed by atoms with Crippen LogP contribution in [0.3, 0.4) is 0 Å². The molecule has 0 aliphatic heterocycles. The van der Waals surface area contributed by atoms with Crippen LogP contribution in [-0.2, 0) is 4.79 Å². The monoisotopic (exact) mass is 125 g/mol. The van der Waals surface area contributed by atoms with Gasteiger partial charge in [-0.1, -0.05) is 6.08 Å². The third-order valence-electron chi connectivity index (χ3n) is 1.71. The first kappa shape index (κ1) is 6.33. The number of amides is 1. The Morgan fingerprint density at radius 2 is 2.33 bits per heavy atom. The van der Waals surface area contributed by atoms with E-state index in [4.69, 9.17) is 5.73 Å². The molecule has 0 aromatic heterocycles. The predicted octanol–water partition coefficient (Wildman–Crippen LogP) is 0.684. The van der Waals surface area contributed by atoms with Crippen LogP contribution < -0.4 is 5.73 Å². The molecule has 1 fully saturated rings. The van der Waals surface area contributed by atoms with Gasteiger partial charge in [0.25, 0.3) is 0 Å². The molecule has 1 atom stereocenters. The second-order valence-corrected chi connectivity index (χ2v) is 2.50. The minimum absolute atomic E-state index is 0.0648. The summed E-state index contributed by atoms with van der Waals surface area (Å²) in [6, 6.07) is 0. The third-order valence-corrected chi connectivity index (χ3v) is 1.71. The Balaban J connectivity index is 2.47. The molecular formula is C7H11NO. The van der Waals surface area contributed by atoms with Crippen LogP contribution >= 0.6 is 0 Å². The minimum Gasteiger partial charge on any atom is -0.369 e. The number of hydrogen-bond acceptors (Lipinski definition) is 1. The van der Waals surface area contributed by atoms with Crippen LogP contribution in [0, 0.1) is 11.8 Å². The van der Waals surface area contributed by atoms with Crippen LogP contribution in [0.1, 0.15) is 12.8 Å². The average molecular weight is 125 g/mol. The largest absolute Gasteiger partial charge is 0.369 e. The number of hydrogen-bond donors (Lipinski definition) is 1. The maximum absolute atomic E-state index is 10.6. The van der Waals surface area contributed by atoms with Gasteiger partial charge in [-0.2, -0.15) is 0 Å². The van der Waals surface area contributed by atoms with Gasteiger partial charge in [0.15, 0.2) is 0 Å². The summed E-state index contributed by atoms with van der Waals surface area (Å²) in [4.78, 5) is 10.6. The Labute approximate surface area is 54.7 Å². The number of nitrogens with two attached hydrogens (primary N) is 1. The Morgan fingerprint density at radius 1 is 1.78 bits per heavy atom. The van der Waals surface area contributed by atoms with Gasteiger partial charge < -0.3 is 5.73 Å². The highest BCUT2D eigenvalue weighted by molar-refractivity contribution is 5.79. The molecule has 9 heavy (non-hydrogen) atoms. The molecule has 1 unspecified atom stereocenters. The van der Waals surface area contributed by atoms with Gasteiger partial charge in [-0.15, -0.1) is 6.58 Å². The van der Waals surface area contributed by atoms with Crippen LogP contribution in [0.2, 0.25) is 0 Å². The fourth-order valence-corrected chi connectivity index (χ4v) is 0.996. The highest BCUT2D eigenvalue weighted by Crippen LogP contribution is 2.36. The standard InChI is InChI=1S/C7H11NO/c1-2-6(7(8)9)5-3-4-5/h2,5-6H,1,3-4H2,(H2,8,9). The fraction of sp³-hybridized carbons (Fsp3) is 0.571. The van der Waals surface area contributed by atoms with Gasteiger partial charge in [-0.25, -0.2) is 0 Å². The van der Waals surface area contributed by atoms with E-state index in [-0.39, 0.29) is 11.8 Å². The van der Waals surface area contributed by atoms with E-state index >= 15 is 0 Å². The zero-order chi connectivity index (χ0) is 6.85. The molecule has 50 valence electrons. The molecule has 1 saturated carbocycles. The van der Waals surface area contributed by atoms with Crippen LogP contribution in [0.25, 0.3) is 0 Å². The SMILES string of the molecule is C=CC(C(N)=O)C1CC1. The smallest absolute Gasteiger partial charge is 0.224 e. The molecular weight excluding hydrogens is 114 g/mol. The lowest BCUT2D eigenvalue weighted by molar-refractivity contribution is -0.120. The number of carbonyl (C=O) groups excluding carboxylic acids is 1. The lowest BCUT2D eigenvalue weighted by Crippen LogP contribution is -2.22. The Hall–Kier alpha value is -0.790. The molecule has 0 radical (unpaired) electrons. The molecule has 1 amide bonds. The van der Waals surface area contributed by atoms with Gasteiger partial charge in [-0.05, 0) is 18.8 Å². The van der Waals surface area contributed by atoms with Crippen molar-refractivity contribution in [3.63, 3.8) is 0 Å². The molecule has 2 heteroatoms. The third kappa shape index (κ3) is 1.31. The molecule has 1 aliphatic carbocycles. The molecule has 0 bridgehead atoms. The summed E-state index contributed by atoms with van der Waals surface area (Å²) in [7, 11) is 0. The van der Waals surface area contributed by atoms with Crippen LogP contribution in [0.5, 0.6) is 0 Å². The molecule has 1 rings (SSSR count). The molecule has 0 aromatic carbocycles. The van der Waals surface area contributed by atoms with Crippen molar-refractivity contribution in [2.75, 3.05) is 0 Å². The first-order valence-corrected chi connectivity index (χ1v) is 3.17. The summed E-state index contributed by atoms with van der Waals surface area (Å²) < 4.78 is 0. The summed E-state index contributed by atoms with van der Waals surface area (Å²) >= 11 is 0. The van der Waals surface area contributed by atoms with Crippen molar-refractivity contribution >= 4 is 5.91 Å². The van der Waals surface area contributed by atoms with Gasteiger partial charge in [0, 0.05) is 0 Å². The highest BCUT2D eigenvalue weighted by atomic mass is 16.1. The van der Waals surface area contributed by atoms with Crippen molar-refractivity contribution in [3.8, 4) is 0 Å². The maximum atomic E-state index is 10.6. The Bertz CT molecular complexity index is 138. The zero-order valence-corrected chi connectivity index (χ0v) is 5.34. The average Bonchev–Trinajstić information content (AvgIpc) is 2.50. The van der Waals surface area contributed by atoms with Gasteiger partial charge in [-0.3, -0.25) is 4.79 Å². The van der Waals surface area contributed by atoms with Gasteiger partial charge >= 0.3 is 0 Å². The van der Waals surface area contributed by atoms with E-state index in [1.54, 1.807) is 6.08 Å². The van der Waals surface area contributed by atoms with E-state index in [1.165, 1.54) is 0 Å². The van der Waals surface area contributed by atoms with Crippen molar-refractivity contribution in [2.45, 2.75) is 12.8 Å². The van der Waals surface area contributed by atoms with Gasteiger partial charge in [0.2, 0.25) is 5.91 Å². The lowest BCUT2D eigenvalue weighted by Gasteiger charge is -2.02. The highest BCUT2D eigenvalue weighted by Gasteiger charge is 2.32. The topological polar surface area (TPSA) is 43.1 Å². The van der Waals surface area contributed by atoms with E-state index in [0.717, 1.165) is 12.8 Å². The summed E-state index contributed by atoms with van der Waals surface area (Å²) in [6.07, 6.45) is 3.93. The molecule has 2 nitrogen and oxygen atoms in total. The number of rotatable bonds is 3. The molecule has 2 N–H and O–H groups in total. The molecule has 0 heterocycles. The van der Waals surface area contributed by atoms with E-state index in [1.807, 2.05) is 0 Å². The van der Waals surface area contributed by atoms with E-state index in [9.17, 15) is 4.79 Å². The second-order valence-electron chi connectivity index (χ2n) is 2.50. The first-order chi connectivity index (χ1) is 4.25. The lowest BCUT2D eigenvalue weighted by atomic mass is 10.0. The quantitative estimate of drug-likeness (QED) is 0.554. The fourth-order valence-electron chi connectivity index (χ4n) is 0.996. The molecule has 0 saturated heterocycles. The van der Waals surface area contributed by atoms with E-state index in [0.29, 0.717) is 5.92 Å². The Morgan fingerprint density at radius 3 is 2.44 bits per heavy atom. The summed E-state index contributed by atoms with van der Waals surface area (Å²) in [5.41, 5.74) is 5.08. The van der Waals surface area contributed by atoms with Crippen molar-refractivity contribution in [1.82, 2.24) is 0 Å². The van der Waals surface area contributed by atoms with Crippen molar-refractivity contribution < 1.29 is 4.79 Å². The summed E-state index contributed by atoms with van der Waals surface area (Å²) in [6.45, 7) is 3.54. The number of primary amides is 1. The van der Waals surface area contributed by atoms with Crippen molar-refractivity contribution in [1.29, 1.82) is 0 Å². The van der Waals surface area contributed by atoms with Gasteiger partial charge in [0.1, 0.15) is 0 Å². The number of carbonyl (C=O) groups is 1. The normalized spacial score (nSPS) is 20.9. The van der Waals surface area contributed by atoms with Crippen LogP contribution in [-0.4, -0.2) is 5.91 Å². The van der Waals surface area contributed by atoms with E-state index in [2.05, 4.69) is 6.58 Å². The molecule has 0 spiro atoms. The zero-order valence-electron chi connectivity index (χ0n) is 5.34. The minimum atomic E-state index is -0.229. The molecule has 1 aliphatic rings. The summed E-state index contributed by atoms with van der Waals surface area (Å²) in [5, 5.41) is 0. The summed E-state index contributed by atoms with van der Waals surface area (Å²) in [5.74, 6) is 0.220. The van der Waals surface area contributed by atoms with Gasteiger partial charge in [0.05, 0.1) is 5.92 Å². The Kier molecular flexibility index (Phi) is 1.56. The van der Waals surface area contributed by atoms with Crippen LogP contribution in [0.15, 0.2) is 12.7 Å². The first-order valence-electron chi connectivity index (χ1n) is 3.17. The second kappa shape index (κ2) is 2.21. The predicted molar refractivity (Wildman–Crippen MR) is 35.6 cm³/mol. The molecule has 0 aromatic rings. The van der Waals surface area contributed by atoms with Crippen molar-refractivity contribution in [2.24, 2.45) is 17.6 Å². The maximum Gasteiger partial charge on any atom is 0.224 e. The van der Waals surface area contributed by atoms with Crippen molar-refractivity contribution in [3.05, 3.63) is 12.7 Å².